The number of hydrogen-bond acceptors (Lipinski definition) is 10. The van der Waals surface area contributed by atoms with Crippen LogP contribution >= 0.6 is 23.5 Å². The van der Waals surface area contributed by atoms with E-state index in [4.69, 9.17) is 19.3 Å². The third-order valence-corrected chi connectivity index (χ3v) is 8.88. The summed E-state index contributed by atoms with van der Waals surface area (Å²) in [5.41, 5.74) is 0.491. The molecule has 0 radical (unpaired) electrons. The molecule has 12 nitrogen and oxygen atoms in total. The Morgan fingerprint density at radius 2 is 1.37 bits per heavy atom. The number of H-pyrrole nitrogens is 2. The van der Waals surface area contributed by atoms with Crippen LogP contribution in [0.5, 0.6) is 0 Å². The first-order valence-electron chi connectivity index (χ1n) is 13.1. The number of nitrogens with one attached hydrogen (secondary N) is 2. The van der Waals surface area contributed by atoms with E-state index in [9.17, 15) is 19.2 Å². The maximum Gasteiger partial charge on any atom is 0.330 e. The van der Waals surface area contributed by atoms with E-state index >= 15 is 0 Å². The highest BCUT2D eigenvalue weighted by molar-refractivity contribution is 8.00. The van der Waals surface area contributed by atoms with Gasteiger partial charge in [-0.2, -0.15) is 0 Å². The van der Waals surface area contributed by atoms with Crippen LogP contribution in [-0.4, -0.2) is 72.6 Å². The Morgan fingerprint density at radius 3 is 1.83 bits per heavy atom. The van der Waals surface area contributed by atoms with Crippen LogP contribution in [0.15, 0.2) is 61.9 Å². The second-order valence-corrected chi connectivity index (χ2v) is 12.3. The molecule has 2 aromatic heterocycles. The topological polar surface area (TPSA) is 158 Å². The average Bonchev–Trinajstić information content (AvgIpc) is 2.98. The van der Waals surface area contributed by atoms with Crippen LogP contribution in [0.25, 0.3) is 0 Å². The number of aromatic amines is 2. The number of nitrogens with zero attached hydrogens (tertiary/aromatic N) is 2. The number of aryl methyl sites for hydroxylation is 2. The van der Waals surface area contributed by atoms with Gasteiger partial charge in [0, 0.05) is 35.0 Å². The molecule has 4 heterocycles. The zero-order valence-corrected chi connectivity index (χ0v) is 24.4. The Kier molecular flexibility index (Phi) is 11.2. The highest BCUT2D eigenvalue weighted by atomic mass is 32.2. The molecule has 2 saturated heterocycles. The van der Waals surface area contributed by atoms with Crippen molar-refractivity contribution in [2.24, 2.45) is 0 Å². The smallest absolute Gasteiger partial charge is 0.330 e. The molecule has 2 fully saturated rings. The van der Waals surface area contributed by atoms with Gasteiger partial charge in [-0.15, -0.1) is 23.5 Å². The van der Waals surface area contributed by atoms with Crippen LogP contribution in [0.3, 0.4) is 0 Å². The summed E-state index contributed by atoms with van der Waals surface area (Å²) in [6.07, 6.45) is 2.32. The predicted octanol–water partition coefficient (Wildman–Crippen LogP) is 1.16. The Hall–Kier alpha value is -2.88. The number of benzene rings is 1. The Bertz CT molecular complexity index is 1500. The quantitative estimate of drug-likeness (QED) is 0.357. The fraction of sp³-hybridized carbons (Fsp3) is 0.481. The monoisotopic (exact) mass is 606 g/mol. The lowest BCUT2D eigenvalue weighted by Crippen LogP contribution is -2.38. The lowest BCUT2D eigenvalue weighted by Gasteiger charge is -2.29. The molecule has 2 aliphatic heterocycles. The van der Waals surface area contributed by atoms with Crippen molar-refractivity contribution < 1.29 is 19.3 Å². The van der Waals surface area contributed by atoms with Crippen molar-refractivity contribution in [3.63, 3.8) is 0 Å². The summed E-state index contributed by atoms with van der Waals surface area (Å²) in [6.45, 7) is 5.47. The van der Waals surface area contributed by atoms with E-state index in [1.165, 1.54) is 15.3 Å². The van der Waals surface area contributed by atoms with E-state index < -0.39 is 11.4 Å². The molecule has 3 aromatic rings. The van der Waals surface area contributed by atoms with Gasteiger partial charge >= 0.3 is 11.4 Å². The molecule has 0 saturated carbocycles. The third kappa shape index (κ3) is 8.56. The first kappa shape index (κ1) is 31.1. The first-order valence-corrected chi connectivity index (χ1v) is 15.2. The summed E-state index contributed by atoms with van der Waals surface area (Å²) in [5, 5.41) is 9.27. The van der Waals surface area contributed by atoms with Crippen molar-refractivity contribution in [2.45, 2.75) is 43.4 Å². The molecule has 5 rings (SSSR count). The third-order valence-electron chi connectivity index (χ3n) is 6.43. The molecule has 4 unspecified atom stereocenters. The summed E-state index contributed by atoms with van der Waals surface area (Å²) < 4.78 is 19.9. The van der Waals surface area contributed by atoms with Gasteiger partial charge in [0.05, 0.1) is 43.5 Å². The maximum atomic E-state index is 11.9. The van der Waals surface area contributed by atoms with Crippen LogP contribution < -0.4 is 22.5 Å². The van der Waals surface area contributed by atoms with Gasteiger partial charge in [0.15, 0.2) is 0 Å². The zero-order valence-electron chi connectivity index (χ0n) is 22.8. The Morgan fingerprint density at radius 1 is 0.854 bits per heavy atom. The first-order chi connectivity index (χ1) is 19.7. The lowest BCUT2D eigenvalue weighted by molar-refractivity contribution is -0.00317. The fourth-order valence-electron chi connectivity index (χ4n) is 4.07. The van der Waals surface area contributed by atoms with Gasteiger partial charge in [-0.25, -0.2) is 9.59 Å². The molecule has 222 valence electrons. The van der Waals surface area contributed by atoms with Gasteiger partial charge in [0.1, 0.15) is 12.5 Å². The van der Waals surface area contributed by atoms with Gasteiger partial charge in [0.2, 0.25) is 0 Å². The van der Waals surface area contributed by atoms with Gasteiger partial charge < -0.3 is 19.3 Å². The van der Waals surface area contributed by atoms with E-state index in [1.54, 1.807) is 43.6 Å². The average molecular weight is 607 g/mol. The van der Waals surface area contributed by atoms with Crippen molar-refractivity contribution in [3.8, 4) is 0 Å². The summed E-state index contributed by atoms with van der Waals surface area (Å²) in [5.74, 6) is 1.22. The summed E-state index contributed by atoms with van der Waals surface area (Å²) in [4.78, 5) is 50.7. The Labute approximate surface area is 244 Å². The maximum absolute atomic E-state index is 11.9. The lowest BCUT2D eigenvalue weighted by atomic mass is 10.2. The second-order valence-electron chi connectivity index (χ2n) is 9.63. The van der Waals surface area contributed by atoms with Crippen molar-refractivity contribution in [3.05, 3.63) is 101 Å². The molecular weight excluding hydrogens is 572 g/mol. The number of rotatable bonds is 7. The van der Waals surface area contributed by atoms with Crippen LogP contribution in [0, 0.1) is 13.8 Å². The SMILES string of the molecule is Cc1cn(C2CSC(CO)CO2)c(=O)[nH]c1=O.Cc1cn(C2CSC(COCc3ccccc3)CO2)c(=O)[nH]c1=O. The van der Waals surface area contributed by atoms with E-state index in [0.29, 0.717) is 49.1 Å². The summed E-state index contributed by atoms with van der Waals surface area (Å²) in [7, 11) is 0. The van der Waals surface area contributed by atoms with Crippen molar-refractivity contribution in [1.29, 1.82) is 0 Å². The zero-order chi connectivity index (χ0) is 29.4. The number of ether oxygens (including phenoxy) is 3. The highest BCUT2D eigenvalue weighted by Crippen LogP contribution is 2.27. The fourth-order valence-corrected chi connectivity index (χ4v) is 6.11. The molecular formula is C27H34N4O8S2. The molecule has 0 spiro atoms. The molecule has 0 aliphatic carbocycles. The minimum Gasteiger partial charge on any atom is -0.395 e. The molecule has 0 amide bonds. The number of thioether (sulfide) groups is 2. The summed E-state index contributed by atoms with van der Waals surface area (Å²) >= 11 is 3.28. The van der Waals surface area contributed by atoms with Crippen LogP contribution in [0.1, 0.15) is 29.1 Å². The molecule has 14 heteroatoms. The minimum absolute atomic E-state index is 0.0609. The van der Waals surface area contributed by atoms with E-state index in [0.717, 1.165) is 5.56 Å². The van der Waals surface area contributed by atoms with Crippen molar-refractivity contribution in [1.82, 2.24) is 19.1 Å². The molecule has 4 atom stereocenters. The van der Waals surface area contributed by atoms with Gasteiger partial charge in [-0.1, -0.05) is 30.3 Å². The normalized spacial score (nSPS) is 22.5. The molecule has 41 heavy (non-hydrogen) atoms. The molecule has 1 aromatic carbocycles. The number of aromatic nitrogens is 4. The number of aliphatic hydroxyl groups excluding tert-OH is 1. The standard InChI is InChI=1S/C17H20N2O4S.C10H14N2O4S/c1-12-7-19(17(21)18-16(12)20)15-11-24-14(10-23-15)9-22-8-13-5-3-2-4-6-13;1-6-2-12(10(15)11-9(6)14)8-5-17-7(3-13)4-16-8/h2-7,14-15H,8-11H2,1H3,(H,18,20,21);2,7-8,13H,3-5H2,1H3,(H,11,14,15). The largest absolute Gasteiger partial charge is 0.395 e. The van der Waals surface area contributed by atoms with Gasteiger partial charge in [-0.3, -0.25) is 28.7 Å². The van der Waals surface area contributed by atoms with Crippen LogP contribution in [0.4, 0.5) is 0 Å². The van der Waals surface area contributed by atoms with Gasteiger partial charge in [0.25, 0.3) is 11.1 Å². The molecule has 0 bridgehead atoms. The minimum atomic E-state index is -0.464. The Balaban J connectivity index is 0.000000201. The molecule has 3 N–H and O–H groups in total. The second kappa shape index (κ2) is 14.8. The highest BCUT2D eigenvalue weighted by Gasteiger charge is 2.25. The van der Waals surface area contributed by atoms with Crippen LogP contribution in [0.2, 0.25) is 0 Å². The predicted molar refractivity (Wildman–Crippen MR) is 158 cm³/mol. The molecule has 2 aliphatic rings. The number of hydrogen-bond donors (Lipinski definition) is 3. The van der Waals surface area contributed by atoms with E-state index in [-0.39, 0.29) is 40.7 Å². The van der Waals surface area contributed by atoms with Crippen molar-refractivity contribution >= 4 is 23.5 Å². The van der Waals surface area contributed by atoms with E-state index in [2.05, 4.69) is 9.97 Å². The summed E-state index contributed by atoms with van der Waals surface area (Å²) in [6, 6.07) is 10.0. The van der Waals surface area contributed by atoms with Gasteiger partial charge in [-0.05, 0) is 19.4 Å². The van der Waals surface area contributed by atoms with Crippen LogP contribution in [-0.2, 0) is 20.8 Å². The number of aliphatic hydroxyl groups is 1. The van der Waals surface area contributed by atoms with Crippen molar-refractivity contribution in [2.75, 3.05) is 37.9 Å². The van der Waals surface area contributed by atoms with E-state index in [1.807, 2.05) is 30.3 Å².